The first-order chi connectivity index (χ1) is 8.73. The van der Waals surface area contributed by atoms with Crippen molar-refractivity contribution in [3.05, 3.63) is 18.0 Å². The number of nitrogens with zero attached hydrogens (tertiary/aromatic N) is 2. The lowest BCUT2D eigenvalue weighted by molar-refractivity contribution is 0.180. The number of rotatable bonds is 6. The summed E-state index contributed by atoms with van der Waals surface area (Å²) in [6.07, 6.45) is 9.86. The Kier molecular flexibility index (Phi) is 4.44. The summed E-state index contributed by atoms with van der Waals surface area (Å²) in [7, 11) is 2.06. The maximum absolute atomic E-state index is 4.36. The quantitative estimate of drug-likeness (QED) is 0.837. The van der Waals surface area contributed by atoms with E-state index in [4.69, 9.17) is 0 Å². The van der Waals surface area contributed by atoms with Crippen LogP contribution >= 0.6 is 0 Å². The molecule has 0 bridgehead atoms. The lowest BCUT2D eigenvalue weighted by atomic mass is 9.74. The van der Waals surface area contributed by atoms with Gasteiger partial charge in [-0.3, -0.25) is 4.68 Å². The molecule has 1 saturated carbocycles. The number of hydrogen-bond acceptors (Lipinski definition) is 2. The zero-order valence-corrected chi connectivity index (χ0v) is 12.1. The average molecular weight is 249 g/mol. The second kappa shape index (κ2) is 5.87. The van der Waals surface area contributed by atoms with Crippen molar-refractivity contribution in [2.45, 2.75) is 58.4 Å². The first kappa shape index (κ1) is 13.6. The lowest BCUT2D eigenvalue weighted by Crippen LogP contribution is -2.37. The van der Waals surface area contributed by atoms with Crippen LogP contribution in [-0.4, -0.2) is 16.3 Å². The molecule has 102 valence electrons. The lowest BCUT2D eigenvalue weighted by Gasteiger charge is -2.37. The van der Waals surface area contributed by atoms with Crippen LogP contribution in [-0.2, 0) is 7.05 Å². The van der Waals surface area contributed by atoms with Gasteiger partial charge in [0.1, 0.15) is 0 Å². The summed E-state index contributed by atoms with van der Waals surface area (Å²) >= 11 is 0. The van der Waals surface area contributed by atoms with E-state index in [9.17, 15) is 0 Å². The van der Waals surface area contributed by atoms with E-state index in [-0.39, 0.29) is 0 Å². The highest BCUT2D eigenvalue weighted by Gasteiger charge is 2.41. The number of nitrogens with one attached hydrogen (secondary N) is 1. The number of aromatic nitrogens is 2. The molecule has 2 rings (SSSR count). The second-order valence-electron chi connectivity index (χ2n) is 5.69. The zero-order valence-electron chi connectivity index (χ0n) is 12.1. The van der Waals surface area contributed by atoms with E-state index in [2.05, 4.69) is 37.4 Å². The van der Waals surface area contributed by atoms with E-state index in [0.29, 0.717) is 11.5 Å². The van der Waals surface area contributed by atoms with E-state index in [1.807, 2.05) is 10.9 Å². The molecule has 1 aliphatic carbocycles. The van der Waals surface area contributed by atoms with Crippen LogP contribution in [0.3, 0.4) is 0 Å². The smallest absolute Gasteiger partial charge is 0.0555 e. The van der Waals surface area contributed by atoms with Gasteiger partial charge in [-0.05, 0) is 43.7 Å². The van der Waals surface area contributed by atoms with E-state index >= 15 is 0 Å². The summed E-state index contributed by atoms with van der Waals surface area (Å²) in [5.74, 6) is 0. The van der Waals surface area contributed by atoms with Crippen LogP contribution in [0, 0.1) is 5.41 Å². The average Bonchev–Trinajstić information content (AvgIpc) is 3.01. The van der Waals surface area contributed by atoms with Gasteiger partial charge in [-0.15, -0.1) is 0 Å². The minimum atomic E-state index is 0.447. The highest BCUT2D eigenvalue weighted by Crippen LogP contribution is 2.49. The van der Waals surface area contributed by atoms with Crippen molar-refractivity contribution in [2.24, 2.45) is 12.5 Å². The molecule has 3 nitrogen and oxygen atoms in total. The molecule has 18 heavy (non-hydrogen) atoms. The molecule has 1 fully saturated rings. The SMILES string of the molecule is CCCNC(c1ccnn1C)C1(CC)CCCC1. The van der Waals surface area contributed by atoms with Crippen LogP contribution in [0.15, 0.2) is 12.3 Å². The molecular weight excluding hydrogens is 222 g/mol. The third-order valence-electron chi connectivity index (χ3n) is 4.67. The number of hydrogen-bond donors (Lipinski definition) is 1. The first-order valence-corrected chi connectivity index (χ1v) is 7.45. The van der Waals surface area contributed by atoms with E-state index < -0.39 is 0 Å². The van der Waals surface area contributed by atoms with E-state index in [1.165, 1.54) is 44.2 Å². The van der Waals surface area contributed by atoms with Gasteiger partial charge >= 0.3 is 0 Å². The van der Waals surface area contributed by atoms with Gasteiger partial charge in [0.25, 0.3) is 0 Å². The Bertz CT molecular complexity index is 364. The third kappa shape index (κ3) is 2.46. The molecule has 1 N–H and O–H groups in total. The monoisotopic (exact) mass is 249 g/mol. The van der Waals surface area contributed by atoms with Crippen LogP contribution in [0.2, 0.25) is 0 Å². The predicted octanol–water partition coefficient (Wildman–Crippen LogP) is 3.43. The van der Waals surface area contributed by atoms with Crippen LogP contribution in [0.4, 0.5) is 0 Å². The van der Waals surface area contributed by atoms with Crippen molar-refractivity contribution in [3.8, 4) is 0 Å². The fourth-order valence-corrected chi connectivity index (χ4v) is 3.52. The van der Waals surface area contributed by atoms with Crippen LogP contribution < -0.4 is 5.32 Å². The third-order valence-corrected chi connectivity index (χ3v) is 4.67. The molecule has 0 aliphatic heterocycles. The molecule has 1 aliphatic rings. The summed E-state index contributed by atoms with van der Waals surface area (Å²) in [5, 5.41) is 8.14. The Morgan fingerprint density at radius 3 is 2.61 bits per heavy atom. The molecule has 1 aromatic heterocycles. The molecule has 0 spiro atoms. The van der Waals surface area contributed by atoms with Crippen LogP contribution in [0.5, 0.6) is 0 Å². The van der Waals surface area contributed by atoms with Crippen molar-refractivity contribution < 1.29 is 0 Å². The van der Waals surface area contributed by atoms with Crippen molar-refractivity contribution in [1.29, 1.82) is 0 Å². The normalized spacial score (nSPS) is 20.2. The molecule has 1 atom stereocenters. The van der Waals surface area contributed by atoms with Crippen molar-refractivity contribution >= 4 is 0 Å². The zero-order chi connectivity index (χ0) is 13.0. The Balaban J connectivity index is 2.26. The fraction of sp³-hybridized carbons (Fsp3) is 0.800. The van der Waals surface area contributed by atoms with Crippen molar-refractivity contribution in [3.63, 3.8) is 0 Å². The summed E-state index contributed by atoms with van der Waals surface area (Å²) in [6.45, 7) is 5.68. The Labute approximate surface area is 111 Å². The molecule has 1 unspecified atom stereocenters. The minimum absolute atomic E-state index is 0.447. The van der Waals surface area contributed by atoms with Crippen molar-refractivity contribution in [2.75, 3.05) is 6.54 Å². The van der Waals surface area contributed by atoms with Crippen molar-refractivity contribution in [1.82, 2.24) is 15.1 Å². The molecular formula is C15H27N3. The molecule has 1 heterocycles. The largest absolute Gasteiger partial charge is 0.308 e. The number of aryl methyl sites for hydroxylation is 1. The van der Waals surface area contributed by atoms with Gasteiger partial charge in [0.05, 0.1) is 11.7 Å². The molecule has 3 heteroatoms. The van der Waals surface area contributed by atoms with Crippen LogP contribution in [0.1, 0.15) is 64.1 Å². The maximum atomic E-state index is 4.36. The van der Waals surface area contributed by atoms with E-state index in [1.54, 1.807) is 0 Å². The molecule has 0 saturated heterocycles. The Morgan fingerprint density at radius 1 is 1.39 bits per heavy atom. The van der Waals surface area contributed by atoms with Gasteiger partial charge in [-0.2, -0.15) is 5.10 Å². The van der Waals surface area contributed by atoms with E-state index in [0.717, 1.165) is 6.54 Å². The highest BCUT2D eigenvalue weighted by atomic mass is 15.3. The van der Waals surface area contributed by atoms with Gasteiger partial charge in [-0.1, -0.05) is 26.7 Å². The Hall–Kier alpha value is -0.830. The topological polar surface area (TPSA) is 29.9 Å². The Morgan fingerprint density at radius 2 is 2.11 bits per heavy atom. The minimum Gasteiger partial charge on any atom is -0.308 e. The van der Waals surface area contributed by atoms with Gasteiger partial charge in [0.15, 0.2) is 0 Å². The molecule has 1 aromatic rings. The molecule has 0 radical (unpaired) electrons. The second-order valence-corrected chi connectivity index (χ2v) is 5.69. The molecule has 0 amide bonds. The van der Waals surface area contributed by atoms with Gasteiger partial charge in [0, 0.05) is 13.2 Å². The predicted molar refractivity (Wildman–Crippen MR) is 75.4 cm³/mol. The molecule has 0 aromatic carbocycles. The maximum Gasteiger partial charge on any atom is 0.0555 e. The highest BCUT2D eigenvalue weighted by molar-refractivity contribution is 5.13. The van der Waals surface area contributed by atoms with Gasteiger partial charge in [0.2, 0.25) is 0 Å². The fourth-order valence-electron chi connectivity index (χ4n) is 3.52. The van der Waals surface area contributed by atoms with Crippen LogP contribution in [0.25, 0.3) is 0 Å². The summed E-state index contributed by atoms with van der Waals surface area (Å²) in [6, 6.07) is 2.65. The summed E-state index contributed by atoms with van der Waals surface area (Å²) < 4.78 is 2.04. The summed E-state index contributed by atoms with van der Waals surface area (Å²) in [5.41, 5.74) is 1.80. The van der Waals surface area contributed by atoms with Gasteiger partial charge in [-0.25, -0.2) is 0 Å². The van der Waals surface area contributed by atoms with Gasteiger partial charge < -0.3 is 5.32 Å². The first-order valence-electron chi connectivity index (χ1n) is 7.45. The summed E-state index contributed by atoms with van der Waals surface area (Å²) in [4.78, 5) is 0. The standard InChI is InChI=1S/C15H27N3/c1-4-11-16-14(13-8-12-17-18(13)3)15(5-2)9-6-7-10-15/h8,12,14,16H,4-7,9-11H2,1-3H3.